The van der Waals surface area contributed by atoms with Gasteiger partial charge in [-0.05, 0) is 42.8 Å². The molecular weight excluding hydrogens is 320 g/mol. The van der Waals surface area contributed by atoms with Crippen LogP contribution < -0.4 is 10.1 Å². The Morgan fingerprint density at radius 2 is 1.60 bits per heavy atom. The highest BCUT2D eigenvalue weighted by Gasteiger charge is 2.36. The summed E-state index contributed by atoms with van der Waals surface area (Å²) in [6.45, 7) is 2.33. The van der Waals surface area contributed by atoms with E-state index in [0.717, 1.165) is 17.1 Å². The summed E-state index contributed by atoms with van der Waals surface area (Å²) in [4.78, 5) is 37.6. The number of nitrogens with one attached hydrogen (secondary N) is 1. The summed E-state index contributed by atoms with van der Waals surface area (Å²) in [5.74, 6) is -0.602. The van der Waals surface area contributed by atoms with Crippen molar-refractivity contribution in [3.63, 3.8) is 0 Å². The fraction of sp³-hybridized carbons (Fsp3) is 0.211. The second-order valence-corrected chi connectivity index (χ2v) is 5.66. The summed E-state index contributed by atoms with van der Waals surface area (Å²) in [5.41, 5.74) is 1.24. The van der Waals surface area contributed by atoms with Crippen molar-refractivity contribution >= 4 is 23.4 Å². The maximum Gasteiger partial charge on any atom is 0.262 e. The summed E-state index contributed by atoms with van der Waals surface area (Å²) in [6, 6.07) is 13.5. The lowest BCUT2D eigenvalue weighted by atomic mass is 10.1. The van der Waals surface area contributed by atoms with E-state index in [4.69, 9.17) is 4.74 Å². The molecule has 0 aliphatic carbocycles. The number of imide groups is 1. The number of nitrogens with zero attached hydrogens (tertiary/aromatic N) is 1. The van der Waals surface area contributed by atoms with Crippen LogP contribution in [0.2, 0.25) is 0 Å². The second kappa shape index (κ2) is 7.17. The van der Waals surface area contributed by atoms with Crippen LogP contribution in [0.4, 0.5) is 5.69 Å². The highest BCUT2D eigenvalue weighted by molar-refractivity contribution is 6.22. The van der Waals surface area contributed by atoms with Crippen molar-refractivity contribution in [3.8, 4) is 5.75 Å². The number of carbonyl (C=O) groups is 3. The number of hydrogen-bond donors (Lipinski definition) is 1. The van der Waals surface area contributed by atoms with Gasteiger partial charge in [0.2, 0.25) is 5.91 Å². The van der Waals surface area contributed by atoms with E-state index in [1.54, 1.807) is 48.5 Å². The smallest absolute Gasteiger partial charge is 0.262 e. The fourth-order valence-electron chi connectivity index (χ4n) is 2.58. The quantitative estimate of drug-likeness (QED) is 0.822. The molecule has 0 fully saturated rings. The number of benzene rings is 2. The van der Waals surface area contributed by atoms with E-state index < -0.39 is 17.7 Å². The van der Waals surface area contributed by atoms with E-state index in [1.165, 1.54) is 0 Å². The van der Waals surface area contributed by atoms with Crippen LogP contribution in [-0.4, -0.2) is 35.8 Å². The zero-order valence-electron chi connectivity index (χ0n) is 13.8. The monoisotopic (exact) mass is 338 g/mol. The van der Waals surface area contributed by atoms with Gasteiger partial charge in [0, 0.05) is 5.69 Å². The van der Waals surface area contributed by atoms with Crippen molar-refractivity contribution in [1.29, 1.82) is 0 Å². The van der Waals surface area contributed by atoms with Gasteiger partial charge in [-0.25, -0.2) is 0 Å². The SMILES string of the molecule is CCCOc1ccc(NC(=O)CN2C(=O)c3ccccc3C2=O)cc1. The number of rotatable bonds is 6. The molecule has 1 aliphatic rings. The Morgan fingerprint density at radius 3 is 2.16 bits per heavy atom. The Labute approximate surface area is 145 Å². The Morgan fingerprint density at radius 1 is 1.00 bits per heavy atom. The number of anilines is 1. The van der Waals surface area contributed by atoms with Crippen molar-refractivity contribution in [3.05, 3.63) is 59.7 Å². The minimum atomic E-state index is -0.445. The van der Waals surface area contributed by atoms with Crippen molar-refractivity contribution in [2.45, 2.75) is 13.3 Å². The van der Waals surface area contributed by atoms with Crippen LogP contribution in [0.25, 0.3) is 0 Å². The molecule has 0 saturated heterocycles. The van der Waals surface area contributed by atoms with E-state index in [2.05, 4.69) is 5.32 Å². The molecule has 25 heavy (non-hydrogen) atoms. The number of ether oxygens (including phenoxy) is 1. The van der Waals surface area contributed by atoms with E-state index in [9.17, 15) is 14.4 Å². The van der Waals surface area contributed by atoms with E-state index >= 15 is 0 Å². The lowest BCUT2D eigenvalue weighted by Crippen LogP contribution is -2.37. The second-order valence-electron chi connectivity index (χ2n) is 5.66. The maximum atomic E-state index is 12.2. The van der Waals surface area contributed by atoms with E-state index in [1.807, 2.05) is 6.92 Å². The van der Waals surface area contributed by atoms with Crippen LogP contribution in [0.5, 0.6) is 5.75 Å². The van der Waals surface area contributed by atoms with Gasteiger partial charge in [0.15, 0.2) is 0 Å². The number of fused-ring (bicyclic) bond motifs is 1. The first-order valence-corrected chi connectivity index (χ1v) is 8.08. The highest BCUT2D eigenvalue weighted by atomic mass is 16.5. The molecule has 6 nitrogen and oxygen atoms in total. The molecule has 128 valence electrons. The molecule has 2 aromatic rings. The molecule has 0 saturated carbocycles. The molecule has 3 amide bonds. The van der Waals surface area contributed by atoms with Crippen LogP contribution in [-0.2, 0) is 4.79 Å². The standard InChI is InChI=1S/C19H18N2O4/c1-2-11-25-14-9-7-13(8-10-14)20-17(22)12-21-18(23)15-5-3-4-6-16(15)19(21)24/h3-10H,2,11-12H2,1H3,(H,20,22). The van der Waals surface area contributed by atoms with Crippen molar-refractivity contribution < 1.29 is 19.1 Å². The molecule has 0 spiro atoms. The Bertz CT molecular complexity index is 779. The first-order valence-electron chi connectivity index (χ1n) is 8.08. The van der Waals surface area contributed by atoms with Gasteiger partial charge in [0.1, 0.15) is 12.3 Å². The molecule has 6 heteroatoms. The molecule has 0 atom stereocenters. The molecule has 0 radical (unpaired) electrons. The van der Waals surface area contributed by atoms with Gasteiger partial charge < -0.3 is 10.1 Å². The van der Waals surface area contributed by atoms with Gasteiger partial charge in [0.25, 0.3) is 11.8 Å². The van der Waals surface area contributed by atoms with E-state index in [-0.39, 0.29) is 6.54 Å². The molecule has 0 bridgehead atoms. The van der Waals surface area contributed by atoms with Gasteiger partial charge in [-0.2, -0.15) is 0 Å². The Kier molecular flexibility index (Phi) is 4.79. The number of amides is 3. The molecule has 1 heterocycles. The molecule has 0 aromatic heterocycles. The van der Waals surface area contributed by atoms with Gasteiger partial charge in [0.05, 0.1) is 17.7 Å². The van der Waals surface area contributed by atoms with Gasteiger partial charge in [-0.3, -0.25) is 19.3 Å². The van der Waals surface area contributed by atoms with Gasteiger partial charge in [-0.15, -0.1) is 0 Å². The summed E-state index contributed by atoms with van der Waals surface area (Å²) in [6.07, 6.45) is 0.915. The summed E-state index contributed by atoms with van der Waals surface area (Å²) < 4.78 is 5.48. The van der Waals surface area contributed by atoms with Gasteiger partial charge in [-0.1, -0.05) is 19.1 Å². The third kappa shape index (κ3) is 3.52. The van der Waals surface area contributed by atoms with E-state index in [0.29, 0.717) is 23.4 Å². The zero-order chi connectivity index (χ0) is 17.8. The topological polar surface area (TPSA) is 75.7 Å². The number of carbonyl (C=O) groups excluding carboxylic acids is 3. The average molecular weight is 338 g/mol. The molecule has 3 rings (SSSR count). The first-order chi connectivity index (χ1) is 12.1. The lowest BCUT2D eigenvalue weighted by Gasteiger charge is -2.14. The van der Waals surface area contributed by atoms with Crippen LogP contribution >= 0.6 is 0 Å². The fourth-order valence-corrected chi connectivity index (χ4v) is 2.58. The third-order valence-corrected chi connectivity index (χ3v) is 3.79. The highest BCUT2D eigenvalue weighted by Crippen LogP contribution is 2.22. The Balaban J connectivity index is 1.62. The van der Waals surface area contributed by atoms with Gasteiger partial charge >= 0.3 is 0 Å². The molecule has 1 aliphatic heterocycles. The Hall–Kier alpha value is -3.15. The molecule has 2 aromatic carbocycles. The summed E-state index contributed by atoms with van der Waals surface area (Å²) in [7, 11) is 0. The summed E-state index contributed by atoms with van der Waals surface area (Å²) in [5, 5.41) is 2.68. The molecular formula is C19H18N2O4. The number of hydrogen-bond acceptors (Lipinski definition) is 4. The van der Waals surface area contributed by atoms with Crippen LogP contribution in [0.1, 0.15) is 34.1 Å². The minimum Gasteiger partial charge on any atom is -0.494 e. The average Bonchev–Trinajstić information content (AvgIpc) is 2.86. The first kappa shape index (κ1) is 16.7. The normalized spacial score (nSPS) is 12.9. The third-order valence-electron chi connectivity index (χ3n) is 3.79. The van der Waals surface area contributed by atoms with Crippen molar-refractivity contribution in [1.82, 2.24) is 4.90 Å². The predicted octanol–water partition coefficient (Wildman–Crippen LogP) is 2.71. The molecule has 1 N–H and O–H groups in total. The van der Waals surface area contributed by atoms with Crippen LogP contribution in [0.3, 0.4) is 0 Å². The van der Waals surface area contributed by atoms with Crippen molar-refractivity contribution in [2.75, 3.05) is 18.5 Å². The van der Waals surface area contributed by atoms with Crippen molar-refractivity contribution in [2.24, 2.45) is 0 Å². The lowest BCUT2D eigenvalue weighted by molar-refractivity contribution is -0.116. The maximum absolute atomic E-state index is 12.2. The van der Waals surface area contributed by atoms with Crippen LogP contribution in [0.15, 0.2) is 48.5 Å². The molecule has 0 unspecified atom stereocenters. The largest absolute Gasteiger partial charge is 0.494 e. The van der Waals surface area contributed by atoms with Crippen LogP contribution in [0, 0.1) is 0 Å². The zero-order valence-corrected chi connectivity index (χ0v) is 13.8. The summed E-state index contributed by atoms with van der Waals surface area (Å²) >= 11 is 0. The minimum absolute atomic E-state index is 0.319. The predicted molar refractivity (Wildman–Crippen MR) is 92.7 cm³/mol.